The molecule has 17 heavy (non-hydrogen) atoms. The second kappa shape index (κ2) is 7.83. The molecule has 0 bridgehead atoms. The first kappa shape index (κ1) is 14.7. The van der Waals surface area contributed by atoms with Gasteiger partial charge in [-0.25, -0.2) is 4.39 Å². The molecule has 0 saturated carbocycles. The molecule has 3 heteroatoms. The Morgan fingerprint density at radius 1 is 1.35 bits per heavy atom. The topological polar surface area (TPSA) is 12.0 Å². The van der Waals surface area contributed by atoms with E-state index in [1.165, 1.54) is 43.4 Å². The monoisotopic (exact) mass is 301 g/mol. The van der Waals surface area contributed by atoms with Crippen molar-refractivity contribution < 1.29 is 4.39 Å². The van der Waals surface area contributed by atoms with Crippen LogP contribution in [-0.2, 0) is 6.42 Å². The largest absolute Gasteiger partial charge is 0.317 e. The van der Waals surface area contributed by atoms with Crippen LogP contribution in [0.3, 0.4) is 0 Å². The summed E-state index contributed by atoms with van der Waals surface area (Å²) in [7, 11) is 1.99. The third-order valence-electron chi connectivity index (χ3n) is 3.05. The molecule has 0 aromatic heterocycles. The highest BCUT2D eigenvalue weighted by Crippen LogP contribution is 2.20. The second-order valence-electron chi connectivity index (χ2n) is 4.42. The van der Waals surface area contributed by atoms with E-state index in [0.717, 1.165) is 10.9 Å². The summed E-state index contributed by atoms with van der Waals surface area (Å²) in [6, 6.07) is 5.40. The van der Waals surface area contributed by atoms with E-state index in [1.54, 1.807) is 0 Å². The first-order valence-corrected chi connectivity index (χ1v) is 7.07. The second-order valence-corrected chi connectivity index (χ2v) is 5.28. The lowest BCUT2D eigenvalue weighted by atomic mass is 10.0. The summed E-state index contributed by atoms with van der Waals surface area (Å²) in [5.74, 6) is -0.187. The van der Waals surface area contributed by atoms with Gasteiger partial charge in [-0.3, -0.25) is 0 Å². The van der Waals surface area contributed by atoms with Crippen molar-refractivity contribution in [2.45, 2.75) is 45.1 Å². The van der Waals surface area contributed by atoms with Gasteiger partial charge in [0.1, 0.15) is 5.82 Å². The maximum Gasteiger partial charge on any atom is 0.124 e. The molecule has 1 atom stereocenters. The van der Waals surface area contributed by atoms with Crippen LogP contribution in [0.1, 0.15) is 38.2 Å². The zero-order valence-corrected chi connectivity index (χ0v) is 12.2. The van der Waals surface area contributed by atoms with E-state index >= 15 is 0 Å². The average molecular weight is 302 g/mol. The van der Waals surface area contributed by atoms with Gasteiger partial charge in [-0.05, 0) is 37.6 Å². The van der Waals surface area contributed by atoms with Gasteiger partial charge in [0.2, 0.25) is 0 Å². The molecule has 0 radical (unpaired) electrons. The zero-order chi connectivity index (χ0) is 12.7. The molecule has 0 heterocycles. The Balaban J connectivity index is 2.54. The number of hydrogen-bond donors (Lipinski definition) is 1. The van der Waals surface area contributed by atoms with Crippen LogP contribution in [0.4, 0.5) is 4.39 Å². The van der Waals surface area contributed by atoms with Gasteiger partial charge in [-0.2, -0.15) is 0 Å². The van der Waals surface area contributed by atoms with E-state index in [9.17, 15) is 4.39 Å². The number of nitrogens with one attached hydrogen (secondary N) is 1. The van der Waals surface area contributed by atoms with Crippen molar-refractivity contribution in [1.29, 1.82) is 0 Å². The Morgan fingerprint density at radius 2 is 2.12 bits per heavy atom. The minimum atomic E-state index is -0.187. The highest BCUT2D eigenvalue weighted by Gasteiger charge is 2.09. The van der Waals surface area contributed by atoms with Crippen molar-refractivity contribution in [3.63, 3.8) is 0 Å². The van der Waals surface area contributed by atoms with Crippen LogP contribution in [0, 0.1) is 5.82 Å². The summed E-state index contributed by atoms with van der Waals surface area (Å²) in [6.07, 6.45) is 5.90. The third kappa shape index (κ3) is 5.17. The summed E-state index contributed by atoms with van der Waals surface area (Å²) >= 11 is 3.42. The van der Waals surface area contributed by atoms with Crippen LogP contribution in [0.15, 0.2) is 22.7 Å². The van der Waals surface area contributed by atoms with Gasteiger partial charge in [0.05, 0.1) is 0 Å². The molecule has 1 nitrogen and oxygen atoms in total. The van der Waals surface area contributed by atoms with E-state index in [2.05, 4.69) is 28.2 Å². The molecule has 1 N–H and O–H groups in total. The molecule has 1 unspecified atom stereocenters. The van der Waals surface area contributed by atoms with Gasteiger partial charge in [-0.15, -0.1) is 0 Å². The van der Waals surface area contributed by atoms with E-state index in [-0.39, 0.29) is 5.82 Å². The molecule has 0 spiro atoms. The van der Waals surface area contributed by atoms with Crippen LogP contribution in [-0.4, -0.2) is 13.1 Å². The fourth-order valence-corrected chi connectivity index (χ4v) is 2.45. The molecule has 1 aromatic rings. The van der Waals surface area contributed by atoms with E-state index in [1.807, 2.05) is 13.1 Å². The van der Waals surface area contributed by atoms with Gasteiger partial charge in [0.25, 0.3) is 0 Å². The molecule has 0 aliphatic rings. The first-order valence-electron chi connectivity index (χ1n) is 6.28. The number of hydrogen-bond acceptors (Lipinski definition) is 1. The van der Waals surface area contributed by atoms with Crippen molar-refractivity contribution in [2.75, 3.05) is 7.05 Å². The number of unbranched alkanes of at least 4 members (excludes halogenated alkanes) is 2. The van der Waals surface area contributed by atoms with Crippen molar-refractivity contribution >= 4 is 15.9 Å². The van der Waals surface area contributed by atoms with Crippen molar-refractivity contribution in [2.24, 2.45) is 0 Å². The molecule has 0 amide bonds. The minimum Gasteiger partial charge on any atom is -0.317 e. The lowest BCUT2D eigenvalue weighted by molar-refractivity contribution is 0.489. The number of halogens is 2. The fraction of sp³-hybridized carbons (Fsp3) is 0.571. The molecule has 0 fully saturated rings. The van der Waals surface area contributed by atoms with E-state index in [0.29, 0.717) is 6.04 Å². The molecule has 1 rings (SSSR count). The maximum absolute atomic E-state index is 13.0. The van der Waals surface area contributed by atoms with Crippen molar-refractivity contribution in [3.05, 3.63) is 34.1 Å². The van der Waals surface area contributed by atoms with Gasteiger partial charge in [0.15, 0.2) is 0 Å². The molecule has 1 aromatic carbocycles. The Hall–Kier alpha value is -0.410. The Kier molecular flexibility index (Phi) is 6.75. The van der Waals surface area contributed by atoms with Gasteiger partial charge in [0, 0.05) is 10.5 Å². The van der Waals surface area contributed by atoms with Crippen LogP contribution in [0.2, 0.25) is 0 Å². The zero-order valence-electron chi connectivity index (χ0n) is 10.6. The van der Waals surface area contributed by atoms with Gasteiger partial charge >= 0.3 is 0 Å². The van der Waals surface area contributed by atoms with Crippen LogP contribution >= 0.6 is 15.9 Å². The summed E-state index contributed by atoms with van der Waals surface area (Å²) < 4.78 is 13.8. The normalized spacial score (nSPS) is 12.7. The van der Waals surface area contributed by atoms with Gasteiger partial charge in [-0.1, -0.05) is 48.2 Å². The predicted molar refractivity (Wildman–Crippen MR) is 74.8 cm³/mol. The first-order chi connectivity index (χ1) is 8.17. The lowest BCUT2D eigenvalue weighted by Crippen LogP contribution is -2.27. The Morgan fingerprint density at radius 3 is 2.71 bits per heavy atom. The van der Waals surface area contributed by atoms with Crippen LogP contribution in [0.25, 0.3) is 0 Å². The van der Waals surface area contributed by atoms with Crippen molar-refractivity contribution in [1.82, 2.24) is 5.32 Å². The highest BCUT2D eigenvalue weighted by molar-refractivity contribution is 9.10. The SMILES string of the molecule is CCCCCC(Cc1ccc(F)cc1Br)NC. The Bertz CT molecular complexity index is 341. The molecule has 0 aliphatic carbocycles. The highest BCUT2D eigenvalue weighted by atomic mass is 79.9. The number of likely N-dealkylation sites (N-methyl/N-ethyl adjacent to an activating group) is 1. The van der Waals surface area contributed by atoms with Crippen molar-refractivity contribution in [3.8, 4) is 0 Å². The lowest BCUT2D eigenvalue weighted by Gasteiger charge is -2.17. The fourth-order valence-electron chi connectivity index (χ4n) is 1.94. The van der Waals surface area contributed by atoms with Gasteiger partial charge < -0.3 is 5.32 Å². The summed E-state index contributed by atoms with van der Waals surface area (Å²) in [5, 5.41) is 3.34. The number of rotatable bonds is 7. The smallest absolute Gasteiger partial charge is 0.124 e. The van der Waals surface area contributed by atoms with Crippen LogP contribution in [0.5, 0.6) is 0 Å². The minimum absolute atomic E-state index is 0.187. The Labute approximate surface area is 112 Å². The quantitative estimate of drug-likeness (QED) is 0.741. The molecule has 0 aliphatic heterocycles. The van der Waals surface area contributed by atoms with E-state index in [4.69, 9.17) is 0 Å². The molecule has 96 valence electrons. The summed E-state index contributed by atoms with van der Waals surface area (Å²) in [6.45, 7) is 2.21. The standard InChI is InChI=1S/C14H21BrFN/c1-3-4-5-6-13(17-2)9-11-7-8-12(16)10-14(11)15/h7-8,10,13,17H,3-6,9H2,1-2H3. The molecule has 0 saturated heterocycles. The predicted octanol–water partition coefficient (Wildman–Crippen LogP) is 4.30. The average Bonchev–Trinajstić information content (AvgIpc) is 2.31. The van der Waals surface area contributed by atoms with E-state index < -0.39 is 0 Å². The molecular formula is C14H21BrFN. The number of benzene rings is 1. The maximum atomic E-state index is 13.0. The third-order valence-corrected chi connectivity index (χ3v) is 3.78. The molecular weight excluding hydrogens is 281 g/mol. The summed E-state index contributed by atoms with van der Waals surface area (Å²) in [5.41, 5.74) is 1.17. The summed E-state index contributed by atoms with van der Waals surface area (Å²) in [4.78, 5) is 0. The van der Waals surface area contributed by atoms with Crippen LogP contribution < -0.4 is 5.32 Å².